The van der Waals surface area contributed by atoms with Gasteiger partial charge in [0.25, 0.3) is 0 Å². The maximum atomic E-state index is 12.5. The summed E-state index contributed by atoms with van der Waals surface area (Å²) in [5.41, 5.74) is 2.74. The van der Waals surface area contributed by atoms with Gasteiger partial charge in [0, 0.05) is 30.4 Å². The van der Waals surface area contributed by atoms with Crippen molar-refractivity contribution in [2.24, 2.45) is 5.92 Å². The van der Waals surface area contributed by atoms with Gasteiger partial charge in [-0.3, -0.25) is 4.79 Å². The lowest BCUT2D eigenvalue weighted by molar-refractivity contribution is -0.131. The van der Waals surface area contributed by atoms with Crippen molar-refractivity contribution in [1.82, 2.24) is 4.90 Å². The molecular formula is C25H35NO2S. The molecule has 1 amide bonds. The molecule has 0 N–H and O–H groups in total. The summed E-state index contributed by atoms with van der Waals surface area (Å²) in [5.74, 6) is 0.645. The van der Waals surface area contributed by atoms with E-state index in [1.54, 1.807) is 18.3 Å². The first kappa shape index (κ1) is 22.0. The van der Waals surface area contributed by atoms with Gasteiger partial charge in [0.05, 0.1) is 12.1 Å². The fourth-order valence-electron chi connectivity index (χ4n) is 4.56. The van der Waals surface area contributed by atoms with Crippen molar-refractivity contribution in [2.45, 2.75) is 71.4 Å². The van der Waals surface area contributed by atoms with Crippen LogP contribution in [0.15, 0.2) is 41.8 Å². The monoisotopic (exact) mass is 413 g/mol. The predicted octanol–water partition coefficient (Wildman–Crippen LogP) is 6.13. The van der Waals surface area contributed by atoms with Crippen LogP contribution in [0.1, 0.15) is 69.0 Å². The zero-order valence-corrected chi connectivity index (χ0v) is 19.3. The van der Waals surface area contributed by atoms with E-state index in [-0.39, 0.29) is 23.5 Å². The van der Waals surface area contributed by atoms with E-state index in [1.807, 2.05) is 4.90 Å². The number of carbonyl (C=O) groups is 1. The van der Waals surface area contributed by atoms with E-state index in [4.69, 9.17) is 4.74 Å². The molecule has 0 unspecified atom stereocenters. The summed E-state index contributed by atoms with van der Waals surface area (Å²) in [6.07, 6.45) is 3.27. The Morgan fingerprint density at radius 1 is 1.24 bits per heavy atom. The van der Waals surface area contributed by atoms with Gasteiger partial charge in [0.2, 0.25) is 5.91 Å². The fraction of sp³-hybridized carbons (Fsp3) is 0.560. The van der Waals surface area contributed by atoms with Crippen LogP contribution in [-0.4, -0.2) is 30.1 Å². The van der Waals surface area contributed by atoms with Crippen LogP contribution in [0.3, 0.4) is 0 Å². The molecule has 158 valence electrons. The first-order valence-corrected chi connectivity index (χ1v) is 11.7. The van der Waals surface area contributed by atoms with Crippen LogP contribution < -0.4 is 0 Å². The highest BCUT2D eigenvalue weighted by Crippen LogP contribution is 2.42. The minimum atomic E-state index is 0.0593. The largest absolute Gasteiger partial charge is 0.378 e. The SMILES string of the molecule is CC(=O)N(CC[C@@]1(c2ccc(C)cc2)CCO[C@H](C(C)C)C1)[C@@H](C)c1cccs1. The van der Waals surface area contributed by atoms with Crippen molar-refractivity contribution in [3.05, 3.63) is 57.8 Å². The summed E-state index contributed by atoms with van der Waals surface area (Å²) in [4.78, 5) is 15.8. The van der Waals surface area contributed by atoms with Crippen LogP contribution in [0.5, 0.6) is 0 Å². The Balaban J connectivity index is 1.86. The second kappa shape index (κ2) is 9.44. The summed E-state index contributed by atoms with van der Waals surface area (Å²) in [7, 11) is 0. The highest BCUT2D eigenvalue weighted by atomic mass is 32.1. The number of carbonyl (C=O) groups excluding carboxylic acids is 1. The Labute approximate surface area is 180 Å². The van der Waals surface area contributed by atoms with Crippen molar-refractivity contribution in [2.75, 3.05) is 13.2 Å². The normalized spacial score (nSPS) is 23.2. The number of nitrogens with zero attached hydrogens (tertiary/aromatic N) is 1. The van der Waals surface area contributed by atoms with Crippen molar-refractivity contribution in [1.29, 1.82) is 0 Å². The minimum absolute atomic E-state index is 0.0593. The molecule has 3 atom stereocenters. The van der Waals surface area contributed by atoms with Gasteiger partial charge in [-0.05, 0) is 56.0 Å². The molecule has 1 aromatic heterocycles. The molecule has 0 aliphatic carbocycles. The standard InChI is InChI=1S/C25H35NO2S/c1-18(2)23-17-25(13-15-28-23,22-10-8-19(3)9-11-22)12-14-26(21(5)27)20(4)24-7-6-16-29-24/h6-11,16,18,20,23H,12-15,17H2,1-5H3/t20-,23-,25+/m0/s1. The summed E-state index contributed by atoms with van der Waals surface area (Å²) < 4.78 is 6.12. The number of aryl methyl sites for hydroxylation is 1. The van der Waals surface area contributed by atoms with E-state index in [0.29, 0.717) is 5.92 Å². The van der Waals surface area contributed by atoms with Gasteiger partial charge in [0.1, 0.15) is 0 Å². The molecule has 3 rings (SSSR count). The molecule has 0 saturated carbocycles. The Morgan fingerprint density at radius 3 is 2.55 bits per heavy atom. The number of hydrogen-bond donors (Lipinski definition) is 0. The van der Waals surface area contributed by atoms with Gasteiger partial charge in [-0.1, -0.05) is 49.7 Å². The molecular weight excluding hydrogens is 378 g/mol. The smallest absolute Gasteiger partial charge is 0.219 e. The third kappa shape index (κ3) is 5.10. The summed E-state index contributed by atoms with van der Waals surface area (Å²) in [6.45, 7) is 12.0. The van der Waals surface area contributed by atoms with Gasteiger partial charge >= 0.3 is 0 Å². The Kier molecular flexibility index (Phi) is 7.18. The molecule has 0 spiro atoms. The van der Waals surface area contributed by atoms with E-state index in [2.05, 4.69) is 69.5 Å². The van der Waals surface area contributed by atoms with E-state index in [9.17, 15) is 4.79 Å². The molecule has 29 heavy (non-hydrogen) atoms. The van der Waals surface area contributed by atoms with Gasteiger partial charge in [-0.2, -0.15) is 0 Å². The van der Waals surface area contributed by atoms with Crippen LogP contribution in [0.4, 0.5) is 0 Å². The minimum Gasteiger partial charge on any atom is -0.378 e. The van der Waals surface area contributed by atoms with Gasteiger partial charge in [0.15, 0.2) is 0 Å². The molecule has 0 bridgehead atoms. The average molecular weight is 414 g/mol. The van der Waals surface area contributed by atoms with Gasteiger partial charge < -0.3 is 9.64 Å². The van der Waals surface area contributed by atoms with E-state index >= 15 is 0 Å². The Hall–Kier alpha value is -1.65. The fourth-order valence-corrected chi connectivity index (χ4v) is 5.36. The molecule has 3 nitrogen and oxygen atoms in total. The molecule has 2 aromatic rings. The zero-order valence-electron chi connectivity index (χ0n) is 18.5. The van der Waals surface area contributed by atoms with E-state index in [1.165, 1.54) is 16.0 Å². The number of ether oxygens (including phenoxy) is 1. The van der Waals surface area contributed by atoms with Crippen molar-refractivity contribution in [3.8, 4) is 0 Å². The first-order chi connectivity index (χ1) is 13.8. The molecule has 1 fully saturated rings. The maximum absolute atomic E-state index is 12.5. The number of rotatable bonds is 7. The topological polar surface area (TPSA) is 29.5 Å². The molecule has 0 radical (unpaired) electrons. The van der Waals surface area contributed by atoms with Gasteiger partial charge in [-0.15, -0.1) is 11.3 Å². The highest BCUT2D eigenvalue weighted by molar-refractivity contribution is 7.10. The lowest BCUT2D eigenvalue weighted by Crippen LogP contribution is -2.44. The highest BCUT2D eigenvalue weighted by Gasteiger charge is 2.40. The molecule has 1 aliphatic heterocycles. The summed E-state index contributed by atoms with van der Waals surface area (Å²) in [6, 6.07) is 13.3. The second-order valence-corrected chi connectivity index (χ2v) is 9.89. The van der Waals surface area contributed by atoms with Crippen LogP contribution in [0, 0.1) is 12.8 Å². The molecule has 4 heteroatoms. The maximum Gasteiger partial charge on any atom is 0.219 e. The molecule has 1 saturated heterocycles. The third-order valence-corrected chi connectivity index (χ3v) is 7.61. The Bertz CT molecular complexity index is 784. The van der Waals surface area contributed by atoms with E-state index < -0.39 is 0 Å². The Morgan fingerprint density at radius 2 is 1.97 bits per heavy atom. The van der Waals surface area contributed by atoms with Crippen LogP contribution >= 0.6 is 11.3 Å². The summed E-state index contributed by atoms with van der Waals surface area (Å²) >= 11 is 1.73. The number of thiophene rings is 1. The number of hydrogen-bond acceptors (Lipinski definition) is 3. The van der Waals surface area contributed by atoms with Crippen molar-refractivity contribution in [3.63, 3.8) is 0 Å². The average Bonchev–Trinajstić information content (AvgIpc) is 3.23. The van der Waals surface area contributed by atoms with Crippen LogP contribution in [0.2, 0.25) is 0 Å². The van der Waals surface area contributed by atoms with Crippen molar-refractivity contribution < 1.29 is 9.53 Å². The van der Waals surface area contributed by atoms with Crippen LogP contribution in [0.25, 0.3) is 0 Å². The van der Waals surface area contributed by atoms with Crippen molar-refractivity contribution >= 4 is 17.2 Å². The molecule has 1 aliphatic rings. The lowest BCUT2D eigenvalue weighted by Gasteiger charge is -2.44. The predicted molar refractivity (Wildman–Crippen MR) is 121 cm³/mol. The quantitative estimate of drug-likeness (QED) is 0.546. The zero-order chi connectivity index (χ0) is 21.0. The number of benzene rings is 1. The first-order valence-electron chi connectivity index (χ1n) is 10.8. The molecule has 2 heterocycles. The number of amides is 1. The second-order valence-electron chi connectivity index (χ2n) is 8.91. The third-order valence-electron chi connectivity index (χ3n) is 6.57. The lowest BCUT2D eigenvalue weighted by atomic mass is 9.68. The van der Waals surface area contributed by atoms with E-state index in [0.717, 1.165) is 32.4 Å². The van der Waals surface area contributed by atoms with Crippen LogP contribution in [-0.2, 0) is 14.9 Å². The van der Waals surface area contributed by atoms with Gasteiger partial charge in [-0.25, -0.2) is 0 Å². The summed E-state index contributed by atoms with van der Waals surface area (Å²) in [5, 5.41) is 2.09. The molecule has 1 aromatic carbocycles.